The smallest absolute Gasteiger partial charge is 0.288 e. The van der Waals surface area contributed by atoms with E-state index in [0.717, 1.165) is 23.8 Å². The summed E-state index contributed by atoms with van der Waals surface area (Å²) in [6.45, 7) is 5.64. The second-order valence-corrected chi connectivity index (χ2v) is 8.30. The Kier molecular flexibility index (Phi) is 7.29. The summed E-state index contributed by atoms with van der Waals surface area (Å²) in [6, 6.07) is 3.94. The van der Waals surface area contributed by atoms with Crippen LogP contribution in [0.2, 0.25) is 5.02 Å². The highest BCUT2D eigenvalue weighted by Gasteiger charge is 2.17. The first kappa shape index (κ1) is 22.8. The molecule has 0 saturated heterocycles. The van der Waals surface area contributed by atoms with E-state index in [1.807, 2.05) is 6.26 Å². The number of halogens is 1. The molecule has 2 heterocycles. The van der Waals surface area contributed by atoms with Crippen molar-refractivity contribution in [3.8, 4) is 0 Å². The van der Waals surface area contributed by atoms with Gasteiger partial charge in [0.2, 0.25) is 0 Å². The summed E-state index contributed by atoms with van der Waals surface area (Å²) >= 11 is 7.23. The van der Waals surface area contributed by atoms with Crippen molar-refractivity contribution in [3.63, 3.8) is 0 Å². The second kappa shape index (κ2) is 9.92. The molecule has 0 saturated carbocycles. The van der Waals surface area contributed by atoms with E-state index in [0.29, 0.717) is 23.3 Å². The van der Waals surface area contributed by atoms with Crippen LogP contribution in [0.5, 0.6) is 0 Å². The van der Waals surface area contributed by atoms with Crippen molar-refractivity contribution in [2.45, 2.75) is 25.5 Å². The minimum absolute atomic E-state index is 0.0178. The van der Waals surface area contributed by atoms with Gasteiger partial charge >= 0.3 is 0 Å². The minimum Gasteiger partial charge on any atom is -0.369 e. The quantitative estimate of drug-likeness (QED) is 0.213. The van der Waals surface area contributed by atoms with Crippen molar-refractivity contribution < 1.29 is 9.72 Å². The van der Waals surface area contributed by atoms with Crippen LogP contribution in [0.1, 0.15) is 24.2 Å². The molecule has 0 fully saturated rings. The fourth-order valence-electron chi connectivity index (χ4n) is 2.80. The van der Waals surface area contributed by atoms with Gasteiger partial charge in [0.25, 0.3) is 11.6 Å². The zero-order chi connectivity index (χ0) is 22.5. The predicted molar refractivity (Wildman–Crippen MR) is 121 cm³/mol. The van der Waals surface area contributed by atoms with Crippen molar-refractivity contribution in [3.05, 3.63) is 45.1 Å². The highest BCUT2D eigenvalue weighted by Crippen LogP contribution is 2.25. The molecule has 31 heavy (non-hydrogen) atoms. The van der Waals surface area contributed by atoms with Gasteiger partial charge in [-0.15, -0.1) is 0 Å². The average molecular weight is 464 g/mol. The fourth-order valence-corrected chi connectivity index (χ4v) is 3.34. The van der Waals surface area contributed by atoms with Crippen molar-refractivity contribution in [2.24, 2.45) is 5.92 Å². The Bertz CT molecular complexity index is 1120. The van der Waals surface area contributed by atoms with Gasteiger partial charge in [0.05, 0.1) is 23.1 Å². The third-order valence-electron chi connectivity index (χ3n) is 4.35. The number of nitro benzene ring substituents is 1. The van der Waals surface area contributed by atoms with E-state index in [2.05, 4.69) is 39.5 Å². The summed E-state index contributed by atoms with van der Waals surface area (Å²) in [5, 5.41) is 22.9. The topological polar surface area (TPSA) is 128 Å². The van der Waals surface area contributed by atoms with Crippen molar-refractivity contribution in [2.75, 3.05) is 24.7 Å². The predicted octanol–water partition coefficient (Wildman–Crippen LogP) is 3.61. The van der Waals surface area contributed by atoms with E-state index < -0.39 is 10.8 Å². The number of benzene rings is 1. The molecule has 3 aromatic rings. The van der Waals surface area contributed by atoms with Gasteiger partial charge in [-0.25, -0.2) is 14.6 Å². The SMILES string of the molecule is CSc1nc(NCC(C)C)c2cnn(CCNC(=O)c3ccc(Cl)c([N+](=O)[O-])c3)c2n1. The fraction of sp³-hybridized carbons (Fsp3) is 0.368. The van der Waals surface area contributed by atoms with Gasteiger partial charge < -0.3 is 10.6 Å². The molecule has 0 unspecified atom stereocenters. The maximum Gasteiger partial charge on any atom is 0.288 e. The van der Waals surface area contributed by atoms with Crippen LogP contribution < -0.4 is 10.6 Å². The van der Waals surface area contributed by atoms with Crippen LogP contribution in [-0.2, 0) is 6.54 Å². The van der Waals surface area contributed by atoms with Gasteiger partial charge in [-0.3, -0.25) is 14.9 Å². The van der Waals surface area contributed by atoms with E-state index in [1.165, 1.54) is 23.9 Å². The number of hydrogen-bond donors (Lipinski definition) is 2. The number of thioether (sulfide) groups is 1. The number of nitrogens with zero attached hydrogens (tertiary/aromatic N) is 5. The Morgan fingerprint density at radius 3 is 2.81 bits per heavy atom. The van der Waals surface area contributed by atoms with Crippen LogP contribution in [-0.4, -0.2) is 49.9 Å². The molecule has 1 amide bonds. The summed E-state index contributed by atoms with van der Waals surface area (Å²) < 4.78 is 1.70. The molecule has 3 rings (SSSR count). The molecule has 0 radical (unpaired) electrons. The number of anilines is 1. The Morgan fingerprint density at radius 1 is 1.35 bits per heavy atom. The molecule has 0 aliphatic heterocycles. The Hall–Kier alpha value is -2.92. The molecule has 2 aromatic heterocycles. The summed E-state index contributed by atoms with van der Waals surface area (Å²) in [5.41, 5.74) is 0.519. The molecule has 0 aliphatic carbocycles. The lowest BCUT2D eigenvalue weighted by molar-refractivity contribution is -0.384. The lowest BCUT2D eigenvalue weighted by Crippen LogP contribution is -2.27. The third-order valence-corrected chi connectivity index (χ3v) is 5.22. The molecule has 2 N–H and O–H groups in total. The standard InChI is InChI=1S/C19H22ClN7O3S/c1-11(2)9-22-16-13-10-23-26(17(13)25-19(24-16)31-3)7-6-21-18(28)12-4-5-14(20)15(8-12)27(29)30/h4-5,8,10-11H,6-7,9H2,1-3H3,(H,21,28)(H,22,24,25). The molecule has 0 spiro atoms. The maximum atomic E-state index is 12.4. The molecule has 12 heteroatoms. The first-order valence-electron chi connectivity index (χ1n) is 9.53. The first-order chi connectivity index (χ1) is 14.8. The number of nitro groups is 1. The van der Waals surface area contributed by atoms with E-state index in [1.54, 1.807) is 10.9 Å². The second-order valence-electron chi connectivity index (χ2n) is 7.12. The monoisotopic (exact) mass is 463 g/mol. The van der Waals surface area contributed by atoms with Gasteiger partial charge in [-0.1, -0.05) is 37.2 Å². The Balaban J connectivity index is 1.72. The summed E-state index contributed by atoms with van der Waals surface area (Å²) in [5.74, 6) is 0.749. The summed E-state index contributed by atoms with van der Waals surface area (Å²) in [4.78, 5) is 31.9. The zero-order valence-corrected chi connectivity index (χ0v) is 18.8. The average Bonchev–Trinajstić information content (AvgIpc) is 3.14. The van der Waals surface area contributed by atoms with E-state index in [4.69, 9.17) is 11.6 Å². The number of carbonyl (C=O) groups excluding carboxylic acids is 1. The van der Waals surface area contributed by atoms with Crippen molar-refractivity contribution >= 4 is 51.8 Å². The van der Waals surface area contributed by atoms with E-state index in [-0.39, 0.29) is 22.8 Å². The Labute approximate surface area is 187 Å². The van der Waals surface area contributed by atoms with Crippen LogP contribution in [0.15, 0.2) is 29.6 Å². The van der Waals surface area contributed by atoms with Gasteiger partial charge in [0.1, 0.15) is 10.8 Å². The number of amides is 1. The van der Waals surface area contributed by atoms with E-state index >= 15 is 0 Å². The number of hydrogen-bond acceptors (Lipinski definition) is 8. The van der Waals surface area contributed by atoms with Crippen LogP contribution in [0.4, 0.5) is 11.5 Å². The molecule has 0 atom stereocenters. The molecule has 10 nitrogen and oxygen atoms in total. The van der Waals surface area contributed by atoms with Gasteiger partial charge in [-0.2, -0.15) is 5.10 Å². The highest BCUT2D eigenvalue weighted by atomic mass is 35.5. The van der Waals surface area contributed by atoms with Crippen molar-refractivity contribution in [1.29, 1.82) is 0 Å². The maximum absolute atomic E-state index is 12.4. The van der Waals surface area contributed by atoms with Gasteiger partial charge in [0.15, 0.2) is 10.8 Å². The van der Waals surface area contributed by atoms with Crippen LogP contribution in [0.3, 0.4) is 0 Å². The lowest BCUT2D eigenvalue weighted by atomic mass is 10.2. The van der Waals surface area contributed by atoms with Gasteiger partial charge in [-0.05, 0) is 24.3 Å². The lowest BCUT2D eigenvalue weighted by Gasteiger charge is -2.11. The summed E-state index contributed by atoms with van der Waals surface area (Å²) in [7, 11) is 0. The third kappa shape index (κ3) is 5.42. The minimum atomic E-state index is -0.622. The Morgan fingerprint density at radius 2 is 2.13 bits per heavy atom. The highest BCUT2D eigenvalue weighted by molar-refractivity contribution is 7.98. The number of aromatic nitrogens is 4. The first-order valence-corrected chi connectivity index (χ1v) is 11.1. The molecular formula is C19H22ClN7O3S. The van der Waals surface area contributed by atoms with E-state index in [9.17, 15) is 14.9 Å². The van der Waals surface area contributed by atoms with Gasteiger partial charge in [0, 0.05) is 24.7 Å². The molecule has 0 aliphatic rings. The molecule has 164 valence electrons. The number of nitrogens with one attached hydrogen (secondary N) is 2. The zero-order valence-electron chi connectivity index (χ0n) is 17.3. The number of carbonyl (C=O) groups is 1. The molecule has 0 bridgehead atoms. The van der Waals surface area contributed by atoms with Crippen LogP contribution >= 0.6 is 23.4 Å². The molecule has 1 aromatic carbocycles. The van der Waals surface area contributed by atoms with Crippen LogP contribution in [0, 0.1) is 16.0 Å². The van der Waals surface area contributed by atoms with Crippen LogP contribution in [0.25, 0.3) is 11.0 Å². The number of fused-ring (bicyclic) bond motifs is 1. The molecular weight excluding hydrogens is 442 g/mol. The largest absolute Gasteiger partial charge is 0.369 e. The van der Waals surface area contributed by atoms with Crippen molar-refractivity contribution in [1.82, 2.24) is 25.1 Å². The number of rotatable bonds is 9. The summed E-state index contributed by atoms with van der Waals surface area (Å²) in [6.07, 6.45) is 3.60. The normalized spacial score (nSPS) is 11.1.